The smallest absolute Gasteiger partial charge is 0.226 e. The number of carbonyl (C=O) groups excluding carboxylic acids is 1. The summed E-state index contributed by atoms with van der Waals surface area (Å²) in [6.07, 6.45) is 2.60. The standard InChI is InChI=1S/C15H20N4O2/c1-11-18-15(21-19-11)4-2-3-14(20)17-10-9-12-5-7-13(16)8-6-12/h5-8H,2-4,9-10,16H2,1H3,(H,17,20). The number of amides is 1. The van der Waals surface area contributed by atoms with Crippen LogP contribution < -0.4 is 11.1 Å². The Bertz CT molecular complexity index is 578. The van der Waals surface area contributed by atoms with E-state index in [9.17, 15) is 4.79 Å². The third-order valence-corrected chi connectivity index (χ3v) is 3.08. The molecule has 6 heteroatoms. The summed E-state index contributed by atoms with van der Waals surface area (Å²) in [7, 11) is 0. The van der Waals surface area contributed by atoms with Crippen LogP contribution in [0.15, 0.2) is 28.8 Å². The van der Waals surface area contributed by atoms with Gasteiger partial charge in [0.2, 0.25) is 11.8 Å². The Labute approximate surface area is 123 Å². The summed E-state index contributed by atoms with van der Waals surface area (Å²) in [6.45, 7) is 2.40. The SMILES string of the molecule is Cc1noc(CCCC(=O)NCCc2ccc(N)cc2)n1. The molecule has 3 N–H and O–H groups in total. The zero-order chi connectivity index (χ0) is 15.1. The van der Waals surface area contributed by atoms with Crippen LogP contribution in [0.1, 0.15) is 30.1 Å². The highest BCUT2D eigenvalue weighted by atomic mass is 16.5. The molecule has 1 aromatic heterocycles. The van der Waals surface area contributed by atoms with Gasteiger partial charge in [0, 0.05) is 25.1 Å². The second-order valence-electron chi connectivity index (χ2n) is 4.93. The molecule has 1 aromatic carbocycles. The lowest BCUT2D eigenvalue weighted by Crippen LogP contribution is -2.25. The Morgan fingerprint density at radius 1 is 1.29 bits per heavy atom. The van der Waals surface area contributed by atoms with Crippen molar-refractivity contribution >= 4 is 11.6 Å². The number of hydrogen-bond acceptors (Lipinski definition) is 5. The molecule has 0 radical (unpaired) electrons. The molecule has 1 amide bonds. The van der Waals surface area contributed by atoms with Gasteiger partial charge in [-0.25, -0.2) is 0 Å². The first-order valence-corrected chi connectivity index (χ1v) is 7.04. The monoisotopic (exact) mass is 288 g/mol. The highest BCUT2D eigenvalue weighted by Crippen LogP contribution is 2.06. The third-order valence-electron chi connectivity index (χ3n) is 3.08. The van der Waals surface area contributed by atoms with Gasteiger partial charge < -0.3 is 15.6 Å². The maximum absolute atomic E-state index is 11.7. The fourth-order valence-corrected chi connectivity index (χ4v) is 1.96. The van der Waals surface area contributed by atoms with E-state index in [1.54, 1.807) is 6.92 Å². The molecule has 0 aliphatic rings. The average molecular weight is 288 g/mol. The van der Waals surface area contributed by atoms with Gasteiger partial charge in [0.05, 0.1) is 0 Å². The van der Waals surface area contributed by atoms with Gasteiger partial charge in [0.25, 0.3) is 0 Å². The number of nitrogens with two attached hydrogens (primary N) is 1. The molecule has 0 aliphatic carbocycles. The number of nitrogen functional groups attached to an aromatic ring is 1. The fourth-order valence-electron chi connectivity index (χ4n) is 1.96. The molecule has 0 bridgehead atoms. The van der Waals surface area contributed by atoms with Crippen molar-refractivity contribution < 1.29 is 9.32 Å². The number of benzene rings is 1. The molecular formula is C15H20N4O2. The van der Waals surface area contributed by atoms with Crippen LogP contribution in [0.3, 0.4) is 0 Å². The topological polar surface area (TPSA) is 94.0 Å². The quantitative estimate of drug-likeness (QED) is 0.755. The summed E-state index contributed by atoms with van der Waals surface area (Å²) in [5.74, 6) is 1.25. The molecule has 0 fully saturated rings. The molecule has 112 valence electrons. The molecule has 0 atom stereocenters. The minimum absolute atomic E-state index is 0.0432. The lowest BCUT2D eigenvalue weighted by molar-refractivity contribution is -0.121. The predicted molar refractivity (Wildman–Crippen MR) is 79.5 cm³/mol. The summed E-state index contributed by atoms with van der Waals surface area (Å²) in [6, 6.07) is 7.67. The summed E-state index contributed by atoms with van der Waals surface area (Å²) in [4.78, 5) is 15.8. The Morgan fingerprint density at radius 3 is 2.71 bits per heavy atom. The molecule has 2 rings (SSSR count). The molecule has 21 heavy (non-hydrogen) atoms. The van der Waals surface area contributed by atoms with Crippen molar-refractivity contribution in [2.45, 2.75) is 32.6 Å². The van der Waals surface area contributed by atoms with Crippen molar-refractivity contribution in [3.05, 3.63) is 41.5 Å². The average Bonchev–Trinajstić information content (AvgIpc) is 2.87. The highest BCUT2D eigenvalue weighted by molar-refractivity contribution is 5.75. The molecule has 0 saturated heterocycles. The molecule has 0 aliphatic heterocycles. The van der Waals surface area contributed by atoms with Gasteiger partial charge in [-0.3, -0.25) is 4.79 Å². The minimum atomic E-state index is 0.0432. The second-order valence-corrected chi connectivity index (χ2v) is 4.93. The molecule has 1 heterocycles. The van der Waals surface area contributed by atoms with E-state index in [-0.39, 0.29) is 5.91 Å². The number of anilines is 1. The summed E-state index contributed by atoms with van der Waals surface area (Å²) < 4.78 is 4.99. The minimum Gasteiger partial charge on any atom is -0.399 e. The number of nitrogens with one attached hydrogen (secondary N) is 1. The normalized spacial score (nSPS) is 10.5. The van der Waals surface area contributed by atoms with Crippen LogP contribution >= 0.6 is 0 Å². The van der Waals surface area contributed by atoms with Gasteiger partial charge in [-0.05, 0) is 37.5 Å². The van der Waals surface area contributed by atoms with E-state index in [0.29, 0.717) is 37.5 Å². The van der Waals surface area contributed by atoms with Crippen LogP contribution in [0, 0.1) is 6.92 Å². The van der Waals surface area contributed by atoms with E-state index in [1.807, 2.05) is 24.3 Å². The molecule has 6 nitrogen and oxygen atoms in total. The molecule has 0 unspecified atom stereocenters. The van der Waals surface area contributed by atoms with E-state index in [4.69, 9.17) is 10.3 Å². The zero-order valence-corrected chi connectivity index (χ0v) is 12.1. The van der Waals surface area contributed by atoms with Crippen molar-refractivity contribution in [2.24, 2.45) is 0 Å². The summed E-state index contributed by atoms with van der Waals surface area (Å²) in [5.41, 5.74) is 7.53. The first kappa shape index (κ1) is 15.0. The van der Waals surface area contributed by atoms with E-state index in [0.717, 1.165) is 17.7 Å². The van der Waals surface area contributed by atoms with Gasteiger partial charge in [0.15, 0.2) is 5.82 Å². The van der Waals surface area contributed by atoms with Gasteiger partial charge in [-0.1, -0.05) is 17.3 Å². The van der Waals surface area contributed by atoms with E-state index in [2.05, 4.69) is 15.5 Å². The van der Waals surface area contributed by atoms with E-state index >= 15 is 0 Å². The summed E-state index contributed by atoms with van der Waals surface area (Å²) in [5, 5.41) is 6.61. The maximum Gasteiger partial charge on any atom is 0.226 e. The lowest BCUT2D eigenvalue weighted by Gasteiger charge is -2.05. The van der Waals surface area contributed by atoms with Crippen molar-refractivity contribution in [3.63, 3.8) is 0 Å². The fraction of sp³-hybridized carbons (Fsp3) is 0.400. The number of rotatable bonds is 7. The van der Waals surface area contributed by atoms with Crippen LogP contribution in [-0.4, -0.2) is 22.6 Å². The van der Waals surface area contributed by atoms with E-state index < -0.39 is 0 Å². The van der Waals surface area contributed by atoms with Gasteiger partial charge in [0.1, 0.15) is 0 Å². The Morgan fingerprint density at radius 2 is 2.05 bits per heavy atom. The third kappa shape index (κ3) is 5.25. The van der Waals surface area contributed by atoms with Crippen LogP contribution in [0.5, 0.6) is 0 Å². The Hall–Kier alpha value is -2.37. The van der Waals surface area contributed by atoms with Crippen LogP contribution in [-0.2, 0) is 17.6 Å². The van der Waals surface area contributed by atoms with Crippen molar-refractivity contribution in [3.8, 4) is 0 Å². The number of carbonyl (C=O) groups is 1. The predicted octanol–water partition coefficient (Wildman–Crippen LogP) is 1.64. The van der Waals surface area contributed by atoms with Crippen LogP contribution in [0.4, 0.5) is 5.69 Å². The first-order chi connectivity index (χ1) is 10.1. The number of aryl methyl sites for hydroxylation is 2. The Balaban J connectivity index is 1.60. The van der Waals surface area contributed by atoms with Crippen molar-refractivity contribution in [2.75, 3.05) is 12.3 Å². The first-order valence-electron chi connectivity index (χ1n) is 7.04. The van der Waals surface area contributed by atoms with Crippen molar-refractivity contribution in [1.82, 2.24) is 15.5 Å². The maximum atomic E-state index is 11.7. The van der Waals surface area contributed by atoms with Crippen LogP contribution in [0.25, 0.3) is 0 Å². The summed E-state index contributed by atoms with van der Waals surface area (Å²) >= 11 is 0. The number of nitrogens with zero attached hydrogens (tertiary/aromatic N) is 2. The zero-order valence-electron chi connectivity index (χ0n) is 12.1. The molecule has 0 spiro atoms. The van der Waals surface area contributed by atoms with Gasteiger partial charge >= 0.3 is 0 Å². The number of hydrogen-bond donors (Lipinski definition) is 2. The van der Waals surface area contributed by atoms with Gasteiger partial charge in [-0.15, -0.1) is 0 Å². The largest absolute Gasteiger partial charge is 0.399 e. The van der Waals surface area contributed by atoms with E-state index in [1.165, 1.54) is 0 Å². The lowest BCUT2D eigenvalue weighted by atomic mass is 10.1. The van der Waals surface area contributed by atoms with Crippen molar-refractivity contribution in [1.29, 1.82) is 0 Å². The number of aromatic nitrogens is 2. The van der Waals surface area contributed by atoms with Gasteiger partial charge in [-0.2, -0.15) is 4.98 Å². The second kappa shape index (κ2) is 7.42. The Kier molecular flexibility index (Phi) is 5.31. The molecule has 2 aromatic rings. The van der Waals surface area contributed by atoms with Crippen LogP contribution in [0.2, 0.25) is 0 Å². The molecular weight excluding hydrogens is 268 g/mol. The highest BCUT2D eigenvalue weighted by Gasteiger charge is 2.05. The molecule has 0 saturated carbocycles.